The molecule has 0 fully saturated rings. The number of halogens is 1. The number of hydrogen-bond donors (Lipinski definition) is 0. The minimum Gasteiger partial charge on any atom is -0.118 e. The molecule has 0 N–H and O–H groups in total. The fourth-order valence-electron chi connectivity index (χ4n) is 1.37. The van der Waals surface area contributed by atoms with Gasteiger partial charge in [0.1, 0.15) is 0 Å². The topological polar surface area (TPSA) is 0 Å². The fourth-order valence-corrected chi connectivity index (χ4v) is 1.55. The van der Waals surface area contributed by atoms with Crippen molar-refractivity contribution in [2.45, 2.75) is 58.8 Å². The Labute approximate surface area is 88.4 Å². The van der Waals surface area contributed by atoms with Crippen LogP contribution in [0.4, 0.5) is 0 Å². The van der Waals surface area contributed by atoms with Gasteiger partial charge in [-0.25, -0.2) is 0 Å². The zero-order chi connectivity index (χ0) is 10.3. The Bertz CT molecular complexity index is 145. The van der Waals surface area contributed by atoms with Crippen LogP contribution < -0.4 is 0 Å². The first kappa shape index (κ1) is 13.0. The maximum Gasteiger partial charge on any atom is 0.0517 e. The molecule has 1 heteroatoms. The molecule has 0 spiro atoms. The minimum atomic E-state index is 0.208. The molecule has 0 aromatic heterocycles. The van der Waals surface area contributed by atoms with Crippen LogP contribution in [0, 0.1) is 5.92 Å². The normalized spacial score (nSPS) is 15.1. The number of unbranched alkanes of at least 4 members (excludes halogenated alkanes) is 2. The molecule has 0 aliphatic heterocycles. The van der Waals surface area contributed by atoms with Crippen LogP contribution >= 0.6 is 11.6 Å². The van der Waals surface area contributed by atoms with E-state index in [4.69, 9.17) is 11.6 Å². The van der Waals surface area contributed by atoms with Gasteiger partial charge in [0.15, 0.2) is 0 Å². The van der Waals surface area contributed by atoms with E-state index in [0.717, 1.165) is 6.42 Å². The van der Waals surface area contributed by atoms with Crippen molar-refractivity contribution in [3.63, 3.8) is 0 Å². The summed E-state index contributed by atoms with van der Waals surface area (Å²) < 4.78 is 0. The van der Waals surface area contributed by atoms with Crippen LogP contribution in [0.15, 0.2) is 11.6 Å². The monoisotopic (exact) mass is 202 g/mol. The van der Waals surface area contributed by atoms with Crippen LogP contribution in [0.1, 0.15) is 53.4 Å². The average molecular weight is 203 g/mol. The summed E-state index contributed by atoms with van der Waals surface area (Å²) in [6, 6.07) is 0. The number of rotatable bonds is 6. The fraction of sp³-hybridized carbons (Fsp3) is 0.833. The van der Waals surface area contributed by atoms with Crippen LogP contribution in [0.25, 0.3) is 0 Å². The number of allylic oxidation sites excluding steroid dienone is 2. The van der Waals surface area contributed by atoms with Gasteiger partial charge in [0.2, 0.25) is 0 Å². The van der Waals surface area contributed by atoms with Crippen molar-refractivity contribution in [3.8, 4) is 0 Å². The molecule has 0 unspecified atom stereocenters. The van der Waals surface area contributed by atoms with Crippen molar-refractivity contribution in [2.24, 2.45) is 5.92 Å². The molecule has 78 valence electrons. The van der Waals surface area contributed by atoms with Crippen molar-refractivity contribution >= 4 is 11.6 Å². The van der Waals surface area contributed by atoms with Crippen molar-refractivity contribution in [3.05, 3.63) is 11.6 Å². The smallest absolute Gasteiger partial charge is 0.0517 e. The van der Waals surface area contributed by atoms with Crippen LogP contribution in [0.2, 0.25) is 0 Å². The Morgan fingerprint density at radius 1 is 1.31 bits per heavy atom. The van der Waals surface area contributed by atoms with E-state index in [1.165, 1.54) is 24.8 Å². The van der Waals surface area contributed by atoms with Gasteiger partial charge in [-0.1, -0.05) is 45.3 Å². The highest BCUT2D eigenvalue weighted by molar-refractivity contribution is 6.22. The van der Waals surface area contributed by atoms with Gasteiger partial charge in [-0.3, -0.25) is 0 Å². The lowest BCUT2D eigenvalue weighted by molar-refractivity contribution is 0.627. The van der Waals surface area contributed by atoms with Gasteiger partial charge in [0.05, 0.1) is 5.38 Å². The van der Waals surface area contributed by atoms with Crippen molar-refractivity contribution in [2.75, 3.05) is 0 Å². The first-order valence-corrected chi connectivity index (χ1v) is 5.84. The molecule has 0 saturated heterocycles. The second kappa shape index (κ2) is 7.44. The largest absolute Gasteiger partial charge is 0.118 e. The molecule has 0 saturated carbocycles. The van der Waals surface area contributed by atoms with Gasteiger partial charge in [0.25, 0.3) is 0 Å². The molecule has 0 amide bonds. The van der Waals surface area contributed by atoms with Crippen LogP contribution in [-0.4, -0.2) is 5.38 Å². The van der Waals surface area contributed by atoms with Gasteiger partial charge in [-0.05, 0) is 25.7 Å². The molecule has 0 aliphatic carbocycles. The molecule has 0 nitrogen and oxygen atoms in total. The summed E-state index contributed by atoms with van der Waals surface area (Å²) in [4.78, 5) is 0. The van der Waals surface area contributed by atoms with Gasteiger partial charge >= 0.3 is 0 Å². The Balaban J connectivity index is 3.99. The summed E-state index contributed by atoms with van der Waals surface area (Å²) in [7, 11) is 0. The SMILES string of the molecule is CCCC/C=C(\CC(C)C)[C@@H](C)Cl. The van der Waals surface area contributed by atoms with Crippen LogP contribution in [-0.2, 0) is 0 Å². The lowest BCUT2D eigenvalue weighted by atomic mass is 9.99. The molecular formula is C12H23Cl. The van der Waals surface area contributed by atoms with Crippen LogP contribution in [0.3, 0.4) is 0 Å². The maximum atomic E-state index is 6.10. The number of hydrogen-bond acceptors (Lipinski definition) is 0. The molecule has 0 bridgehead atoms. The molecule has 0 aromatic carbocycles. The van der Waals surface area contributed by atoms with Crippen molar-refractivity contribution < 1.29 is 0 Å². The average Bonchev–Trinajstić information content (AvgIpc) is 2.02. The summed E-state index contributed by atoms with van der Waals surface area (Å²) in [5.41, 5.74) is 1.42. The Hall–Kier alpha value is 0.0300. The highest BCUT2D eigenvalue weighted by atomic mass is 35.5. The maximum absolute atomic E-state index is 6.10. The molecule has 0 radical (unpaired) electrons. The summed E-state index contributed by atoms with van der Waals surface area (Å²) in [6.07, 6.45) is 7.22. The molecule has 0 heterocycles. The van der Waals surface area contributed by atoms with E-state index in [1.807, 2.05) is 0 Å². The van der Waals surface area contributed by atoms with E-state index in [-0.39, 0.29) is 5.38 Å². The summed E-state index contributed by atoms with van der Waals surface area (Å²) in [5, 5.41) is 0.208. The van der Waals surface area contributed by atoms with E-state index in [9.17, 15) is 0 Å². The predicted molar refractivity (Wildman–Crippen MR) is 62.4 cm³/mol. The first-order valence-electron chi connectivity index (χ1n) is 5.40. The Morgan fingerprint density at radius 3 is 2.31 bits per heavy atom. The zero-order valence-electron chi connectivity index (χ0n) is 9.44. The summed E-state index contributed by atoms with van der Waals surface area (Å²) >= 11 is 6.10. The van der Waals surface area contributed by atoms with Crippen LogP contribution in [0.5, 0.6) is 0 Å². The summed E-state index contributed by atoms with van der Waals surface area (Å²) in [5.74, 6) is 0.717. The third-order valence-electron chi connectivity index (χ3n) is 2.12. The molecule has 0 aliphatic rings. The second-order valence-corrected chi connectivity index (χ2v) is 4.79. The van der Waals surface area contributed by atoms with Gasteiger partial charge in [0, 0.05) is 0 Å². The summed E-state index contributed by atoms with van der Waals surface area (Å²) in [6.45, 7) is 8.78. The molecule has 13 heavy (non-hydrogen) atoms. The van der Waals surface area contributed by atoms with E-state index in [1.54, 1.807) is 0 Å². The predicted octanol–water partition coefficient (Wildman–Crippen LogP) is 4.78. The highest BCUT2D eigenvalue weighted by Gasteiger charge is 2.06. The van der Waals surface area contributed by atoms with Gasteiger partial charge < -0.3 is 0 Å². The van der Waals surface area contributed by atoms with E-state index < -0.39 is 0 Å². The third kappa shape index (κ3) is 7.13. The third-order valence-corrected chi connectivity index (χ3v) is 2.40. The second-order valence-electron chi connectivity index (χ2n) is 4.14. The minimum absolute atomic E-state index is 0.208. The quantitative estimate of drug-likeness (QED) is 0.331. The first-order chi connectivity index (χ1) is 6.07. The Kier molecular flexibility index (Phi) is 7.45. The molecule has 1 atom stereocenters. The van der Waals surface area contributed by atoms with Gasteiger partial charge in [-0.2, -0.15) is 0 Å². The Morgan fingerprint density at radius 2 is 1.92 bits per heavy atom. The molecular weight excluding hydrogens is 180 g/mol. The lowest BCUT2D eigenvalue weighted by Gasteiger charge is -2.12. The van der Waals surface area contributed by atoms with Gasteiger partial charge in [-0.15, -0.1) is 11.6 Å². The van der Waals surface area contributed by atoms with E-state index in [2.05, 4.69) is 33.8 Å². The highest BCUT2D eigenvalue weighted by Crippen LogP contribution is 2.19. The number of alkyl halides is 1. The van der Waals surface area contributed by atoms with Crippen molar-refractivity contribution in [1.29, 1.82) is 0 Å². The van der Waals surface area contributed by atoms with Crippen molar-refractivity contribution in [1.82, 2.24) is 0 Å². The standard InChI is InChI=1S/C12H23Cl/c1-5-6-7-8-12(11(4)13)9-10(2)3/h8,10-11H,5-7,9H2,1-4H3/b12-8+/t11-/m1/s1. The van der Waals surface area contributed by atoms with E-state index >= 15 is 0 Å². The molecule has 0 aromatic rings. The van der Waals surface area contributed by atoms with E-state index in [0.29, 0.717) is 5.92 Å². The zero-order valence-corrected chi connectivity index (χ0v) is 10.2. The lowest BCUT2D eigenvalue weighted by Crippen LogP contribution is -2.01. The molecule has 0 rings (SSSR count).